The van der Waals surface area contributed by atoms with Gasteiger partial charge in [-0.15, -0.1) is 11.3 Å². The van der Waals surface area contributed by atoms with Gasteiger partial charge in [-0.05, 0) is 54.3 Å². The van der Waals surface area contributed by atoms with Gasteiger partial charge >= 0.3 is 0 Å². The molecule has 0 bridgehead atoms. The van der Waals surface area contributed by atoms with Gasteiger partial charge in [0.15, 0.2) is 0 Å². The average molecular weight is 506 g/mol. The summed E-state index contributed by atoms with van der Waals surface area (Å²) in [6.07, 6.45) is 1.50. The van der Waals surface area contributed by atoms with Crippen LogP contribution in [-0.2, 0) is 16.1 Å². The third kappa shape index (κ3) is 6.05. The minimum absolute atomic E-state index is 0.106. The Morgan fingerprint density at radius 1 is 1.00 bits per heavy atom. The predicted molar refractivity (Wildman–Crippen MR) is 135 cm³/mol. The average Bonchev–Trinajstić information content (AvgIpc) is 3.60. The van der Waals surface area contributed by atoms with Gasteiger partial charge in [-0.2, -0.15) is 0 Å². The van der Waals surface area contributed by atoms with Crippen LogP contribution in [-0.4, -0.2) is 24.3 Å². The lowest BCUT2D eigenvalue weighted by atomic mass is 10.0. The Kier molecular flexibility index (Phi) is 7.92. The molecule has 0 aliphatic heterocycles. The highest BCUT2D eigenvalue weighted by molar-refractivity contribution is 7.12. The van der Waals surface area contributed by atoms with E-state index in [-0.39, 0.29) is 18.8 Å². The van der Waals surface area contributed by atoms with Crippen molar-refractivity contribution in [2.75, 3.05) is 11.4 Å². The molecule has 36 heavy (non-hydrogen) atoms. The van der Waals surface area contributed by atoms with Gasteiger partial charge in [-0.3, -0.25) is 19.3 Å². The fourth-order valence-electron chi connectivity index (χ4n) is 3.65. The predicted octanol–water partition coefficient (Wildman–Crippen LogP) is 4.61. The van der Waals surface area contributed by atoms with Crippen molar-refractivity contribution < 1.29 is 23.2 Å². The van der Waals surface area contributed by atoms with E-state index in [1.165, 1.54) is 40.7 Å². The van der Waals surface area contributed by atoms with E-state index in [1.807, 2.05) is 19.1 Å². The van der Waals surface area contributed by atoms with Gasteiger partial charge in [-0.1, -0.05) is 42.0 Å². The number of halogens is 1. The lowest BCUT2D eigenvalue weighted by Crippen LogP contribution is -2.47. The molecule has 0 unspecified atom stereocenters. The molecule has 0 aliphatic carbocycles. The standard InChI is InChI=1S/C27H24FN3O4S/c1-18-9-11-19(12-10-18)25(27(34)29-16-22-7-3-13-35-22)31(21-6-2-5-20(28)15-21)24(32)17-30-26(33)23-8-4-14-36-23/h2-15,25H,16-17H2,1H3,(H,29,34)(H,30,33)/t25-/m1/s1. The van der Waals surface area contributed by atoms with Gasteiger partial charge in [-0.25, -0.2) is 4.39 Å². The highest BCUT2D eigenvalue weighted by Crippen LogP contribution is 2.29. The van der Waals surface area contributed by atoms with Crippen LogP contribution in [0, 0.1) is 12.7 Å². The largest absolute Gasteiger partial charge is 0.467 e. The second-order valence-corrected chi connectivity index (χ2v) is 8.96. The van der Waals surface area contributed by atoms with Crippen LogP contribution in [0.5, 0.6) is 0 Å². The molecule has 1 atom stereocenters. The third-order valence-corrected chi connectivity index (χ3v) is 6.29. The van der Waals surface area contributed by atoms with Crippen LogP contribution in [0.3, 0.4) is 0 Å². The SMILES string of the molecule is Cc1ccc([C@H](C(=O)NCc2ccco2)N(C(=O)CNC(=O)c2cccs2)c2cccc(F)c2)cc1. The molecule has 2 N–H and O–H groups in total. The second-order valence-electron chi connectivity index (χ2n) is 8.01. The van der Waals surface area contributed by atoms with E-state index in [2.05, 4.69) is 10.6 Å². The highest BCUT2D eigenvalue weighted by atomic mass is 32.1. The summed E-state index contributed by atoms with van der Waals surface area (Å²) in [5.74, 6) is -1.50. The first kappa shape index (κ1) is 24.9. The summed E-state index contributed by atoms with van der Waals surface area (Å²) in [4.78, 5) is 41.2. The molecule has 7 nitrogen and oxygen atoms in total. The van der Waals surface area contributed by atoms with Crippen LogP contribution in [0.4, 0.5) is 10.1 Å². The van der Waals surface area contributed by atoms with Crippen molar-refractivity contribution in [3.63, 3.8) is 0 Å². The van der Waals surface area contributed by atoms with E-state index >= 15 is 0 Å². The molecule has 0 spiro atoms. The summed E-state index contributed by atoms with van der Waals surface area (Å²) < 4.78 is 19.5. The first-order valence-corrected chi connectivity index (χ1v) is 12.1. The number of carbonyl (C=O) groups is 3. The number of aryl methyl sites for hydroxylation is 1. The van der Waals surface area contributed by atoms with E-state index < -0.39 is 29.6 Å². The number of nitrogens with zero attached hydrogens (tertiary/aromatic N) is 1. The molecule has 2 aromatic carbocycles. The fraction of sp³-hybridized carbons (Fsp3) is 0.148. The van der Waals surface area contributed by atoms with Crippen LogP contribution in [0.15, 0.2) is 88.9 Å². The van der Waals surface area contributed by atoms with E-state index in [4.69, 9.17) is 4.42 Å². The number of benzene rings is 2. The molecular formula is C27H24FN3O4S. The topological polar surface area (TPSA) is 91.7 Å². The maximum atomic E-state index is 14.2. The summed E-state index contributed by atoms with van der Waals surface area (Å²) in [5.41, 5.74) is 1.68. The zero-order valence-electron chi connectivity index (χ0n) is 19.4. The first-order chi connectivity index (χ1) is 17.4. The molecule has 4 rings (SSSR count). The Bertz CT molecular complexity index is 1320. The minimum atomic E-state index is -1.13. The van der Waals surface area contributed by atoms with Crippen LogP contribution >= 0.6 is 11.3 Å². The van der Waals surface area contributed by atoms with Crippen molar-refractivity contribution in [2.24, 2.45) is 0 Å². The van der Waals surface area contributed by atoms with Gasteiger partial charge < -0.3 is 15.1 Å². The number of amides is 3. The van der Waals surface area contributed by atoms with Crippen molar-refractivity contribution in [3.8, 4) is 0 Å². The number of rotatable bonds is 9. The van der Waals surface area contributed by atoms with Crippen LogP contribution in [0.2, 0.25) is 0 Å². The summed E-state index contributed by atoms with van der Waals surface area (Å²) in [6, 6.07) is 18.3. The van der Waals surface area contributed by atoms with Gasteiger partial charge in [0.05, 0.1) is 24.2 Å². The lowest BCUT2D eigenvalue weighted by molar-refractivity contribution is -0.126. The molecular weight excluding hydrogens is 481 g/mol. The van der Waals surface area contributed by atoms with Crippen molar-refractivity contribution >= 4 is 34.7 Å². The molecule has 0 fully saturated rings. The number of carbonyl (C=O) groups excluding carboxylic acids is 3. The Labute approximate surface area is 211 Å². The number of hydrogen-bond acceptors (Lipinski definition) is 5. The fourth-order valence-corrected chi connectivity index (χ4v) is 4.29. The smallest absolute Gasteiger partial charge is 0.261 e. The van der Waals surface area contributed by atoms with Gasteiger partial charge in [0.2, 0.25) is 11.8 Å². The summed E-state index contributed by atoms with van der Waals surface area (Å²) in [7, 11) is 0. The van der Waals surface area contributed by atoms with E-state index in [0.29, 0.717) is 16.2 Å². The number of nitrogens with one attached hydrogen (secondary N) is 2. The molecule has 2 aromatic heterocycles. The number of anilines is 1. The Morgan fingerprint density at radius 3 is 2.47 bits per heavy atom. The molecule has 3 amide bonds. The Morgan fingerprint density at radius 2 is 1.81 bits per heavy atom. The van der Waals surface area contributed by atoms with E-state index in [0.717, 1.165) is 5.56 Å². The number of furan rings is 1. The zero-order chi connectivity index (χ0) is 25.5. The molecule has 9 heteroatoms. The van der Waals surface area contributed by atoms with Crippen LogP contribution in [0.25, 0.3) is 0 Å². The van der Waals surface area contributed by atoms with Crippen molar-refractivity contribution in [2.45, 2.75) is 19.5 Å². The molecule has 0 aliphatic rings. The van der Waals surface area contributed by atoms with E-state index in [9.17, 15) is 18.8 Å². The number of thiophene rings is 1. The molecule has 0 saturated carbocycles. The van der Waals surface area contributed by atoms with Gasteiger partial charge in [0.1, 0.15) is 17.6 Å². The number of hydrogen-bond donors (Lipinski definition) is 2. The van der Waals surface area contributed by atoms with Gasteiger partial charge in [0, 0.05) is 5.69 Å². The monoisotopic (exact) mass is 505 g/mol. The summed E-state index contributed by atoms with van der Waals surface area (Å²) in [6.45, 7) is 1.63. The van der Waals surface area contributed by atoms with E-state index in [1.54, 1.807) is 47.8 Å². The Balaban J connectivity index is 1.67. The Hall–Kier alpha value is -4.24. The minimum Gasteiger partial charge on any atom is -0.467 e. The quantitative estimate of drug-likeness (QED) is 0.348. The summed E-state index contributed by atoms with van der Waals surface area (Å²) >= 11 is 1.24. The third-order valence-electron chi connectivity index (χ3n) is 5.42. The second kappa shape index (κ2) is 11.5. The highest BCUT2D eigenvalue weighted by Gasteiger charge is 2.33. The van der Waals surface area contributed by atoms with Gasteiger partial charge in [0.25, 0.3) is 5.91 Å². The lowest BCUT2D eigenvalue weighted by Gasteiger charge is -2.31. The van der Waals surface area contributed by atoms with Crippen molar-refractivity contribution in [1.82, 2.24) is 10.6 Å². The van der Waals surface area contributed by atoms with Crippen LogP contribution < -0.4 is 15.5 Å². The molecule has 4 aromatic rings. The molecule has 2 heterocycles. The maximum Gasteiger partial charge on any atom is 0.261 e. The maximum absolute atomic E-state index is 14.2. The summed E-state index contributed by atoms with van der Waals surface area (Å²) in [5, 5.41) is 7.15. The van der Waals surface area contributed by atoms with Crippen LogP contribution in [0.1, 0.15) is 32.6 Å². The first-order valence-electron chi connectivity index (χ1n) is 11.2. The zero-order valence-corrected chi connectivity index (χ0v) is 20.3. The molecule has 184 valence electrons. The van der Waals surface area contributed by atoms with Crippen molar-refractivity contribution in [3.05, 3.63) is 112 Å². The van der Waals surface area contributed by atoms with Crippen molar-refractivity contribution in [1.29, 1.82) is 0 Å². The normalized spacial score (nSPS) is 11.5. The molecule has 0 saturated heterocycles. The molecule has 0 radical (unpaired) electrons.